The van der Waals surface area contributed by atoms with E-state index in [0.29, 0.717) is 39.3 Å². The normalized spacial score (nSPS) is 14.7. The molecule has 0 fully saturated rings. The van der Waals surface area contributed by atoms with E-state index in [9.17, 15) is 18.3 Å². The number of aliphatic hydroxyl groups excluding tert-OH is 1. The van der Waals surface area contributed by atoms with E-state index >= 15 is 0 Å². The maximum absolute atomic E-state index is 13.2. The van der Waals surface area contributed by atoms with E-state index in [4.69, 9.17) is 1.37 Å². The predicted octanol–water partition coefficient (Wildman–Crippen LogP) is 5.25. The van der Waals surface area contributed by atoms with Crippen molar-refractivity contribution in [3.05, 3.63) is 70.8 Å². The molecule has 2 aliphatic heterocycles. The first kappa shape index (κ1) is 17.2. The van der Waals surface area contributed by atoms with Crippen molar-refractivity contribution < 1.29 is 19.6 Å². The maximum atomic E-state index is 13.2. The van der Waals surface area contributed by atoms with Gasteiger partial charge < -0.3 is 15.1 Å². The molecule has 0 aliphatic carbocycles. The molecule has 5 rings (SSSR count). The van der Waals surface area contributed by atoms with Crippen LogP contribution in [0.1, 0.15) is 35.8 Å². The first-order chi connectivity index (χ1) is 14.7. The summed E-state index contributed by atoms with van der Waals surface area (Å²) in [6.07, 6.45) is -0.413. The molecule has 2 aliphatic rings. The molecule has 30 heavy (non-hydrogen) atoms. The predicted molar refractivity (Wildman–Crippen MR) is 110 cm³/mol. The van der Waals surface area contributed by atoms with Crippen molar-refractivity contribution in [1.29, 1.82) is 0 Å². The Balaban J connectivity index is 1.85. The van der Waals surface area contributed by atoms with Crippen LogP contribution in [0, 0.1) is 0 Å². The molecule has 0 saturated carbocycles. The van der Waals surface area contributed by atoms with E-state index in [1.54, 1.807) is 36.4 Å². The molecular weight excluding hydrogens is 393 g/mol. The summed E-state index contributed by atoms with van der Waals surface area (Å²) < 4.78 is 47.8. The van der Waals surface area contributed by atoms with Crippen LogP contribution in [0.4, 0.5) is 13.2 Å². The minimum absolute atomic E-state index is 0.103. The van der Waals surface area contributed by atoms with Crippen LogP contribution in [0.25, 0.3) is 46.4 Å². The summed E-state index contributed by atoms with van der Waals surface area (Å²) in [5, 5.41) is 9.88. The van der Waals surface area contributed by atoms with Crippen molar-refractivity contribution >= 4 is 46.4 Å². The molecule has 8 heteroatoms. The molecule has 0 saturated heterocycles. The number of aliphatic hydroxyl groups is 1. The topological polar surface area (TPSA) is 77.6 Å². The highest BCUT2D eigenvalue weighted by molar-refractivity contribution is 5.78. The van der Waals surface area contributed by atoms with E-state index < -0.39 is 12.3 Å². The summed E-state index contributed by atoms with van der Waals surface area (Å²) in [6.45, 7) is 0. The van der Waals surface area contributed by atoms with Gasteiger partial charge in [-0.25, -0.2) is 9.97 Å². The fraction of sp³-hybridized carbons (Fsp3) is 0.0909. The van der Waals surface area contributed by atoms with Gasteiger partial charge in [-0.05, 0) is 66.7 Å². The van der Waals surface area contributed by atoms with Crippen LogP contribution < -0.4 is 0 Å². The third-order valence-corrected chi connectivity index (χ3v) is 4.73. The molecule has 3 N–H and O–H groups in total. The fourth-order valence-corrected chi connectivity index (χ4v) is 3.37. The van der Waals surface area contributed by atoms with Gasteiger partial charge in [0.05, 0.1) is 24.1 Å². The van der Waals surface area contributed by atoms with Gasteiger partial charge in [0.2, 0.25) is 0 Å². The minimum atomic E-state index is -4.82. The zero-order valence-corrected chi connectivity index (χ0v) is 15.3. The smallest absolute Gasteiger partial charge is 0.379 e. The lowest BCUT2D eigenvalue weighted by molar-refractivity contribution is -0.206. The van der Waals surface area contributed by atoms with Crippen molar-refractivity contribution in [3.8, 4) is 0 Å². The van der Waals surface area contributed by atoms with Crippen molar-refractivity contribution in [2.24, 2.45) is 0 Å². The van der Waals surface area contributed by atoms with Gasteiger partial charge >= 0.3 is 6.18 Å². The Morgan fingerprint density at radius 2 is 1.43 bits per heavy atom. The van der Waals surface area contributed by atoms with Gasteiger partial charge in [-0.1, -0.05) is 0 Å². The highest BCUT2D eigenvalue weighted by Gasteiger charge is 2.40. The van der Waals surface area contributed by atoms with Crippen LogP contribution in [0.2, 0.25) is 0 Å². The van der Waals surface area contributed by atoms with Gasteiger partial charge in [0.1, 0.15) is 0 Å². The van der Waals surface area contributed by atoms with Crippen LogP contribution in [0.15, 0.2) is 42.4 Å². The Morgan fingerprint density at radius 1 is 0.800 bits per heavy atom. The average molecular weight is 409 g/mol. The molecule has 3 aromatic rings. The zero-order valence-electron chi connectivity index (χ0n) is 16.3. The highest BCUT2D eigenvalue weighted by atomic mass is 19.4. The van der Waals surface area contributed by atoms with E-state index in [1.807, 2.05) is 12.2 Å². The van der Waals surface area contributed by atoms with Gasteiger partial charge in [-0.15, -0.1) is 0 Å². The lowest BCUT2D eigenvalue weighted by atomic mass is 10.1. The van der Waals surface area contributed by atoms with E-state index in [1.165, 1.54) is 12.1 Å². The summed E-state index contributed by atoms with van der Waals surface area (Å²) >= 11 is 0. The van der Waals surface area contributed by atoms with Gasteiger partial charge in [-0.2, -0.15) is 13.2 Å². The number of nitrogens with one attached hydrogen (secondary N) is 2. The number of aromatic nitrogens is 4. The van der Waals surface area contributed by atoms with Gasteiger partial charge in [0, 0.05) is 27.6 Å². The van der Waals surface area contributed by atoms with Crippen LogP contribution >= 0.6 is 0 Å². The third kappa shape index (κ3) is 3.53. The summed E-state index contributed by atoms with van der Waals surface area (Å²) in [5.74, 6) is 0. The molecule has 5 heterocycles. The molecule has 0 amide bonds. The van der Waals surface area contributed by atoms with E-state index in [2.05, 4.69) is 19.9 Å². The summed E-state index contributed by atoms with van der Waals surface area (Å²) in [7, 11) is 0. The van der Waals surface area contributed by atoms with Crippen LogP contribution in [0.5, 0.6) is 0 Å². The SMILES string of the molecule is [2H]c1cc2cc3cc(C(O)C(F)(F)F)c(cc4nc(cc5nc(cc1[nH]2)C=C5)C=C4)[nH]3. The first-order valence-electron chi connectivity index (χ1n) is 9.58. The highest BCUT2D eigenvalue weighted by Crippen LogP contribution is 2.35. The Hall–Kier alpha value is -3.65. The summed E-state index contributed by atoms with van der Waals surface area (Å²) in [5.41, 5.74) is 3.56. The quantitative estimate of drug-likeness (QED) is 0.354. The number of fused-ring (bicyclic) bond motifs is 8. The third-order valence-electron chi connectivity index (χ3n) is 4.73. The van der Waals surface area contributed by atoms with Crippen molar-refractivity contribution in [1.82, 2.24) is 19.9 Å². The molecule has 0 aromatic carbocycles. The van der Waals surface area contributed by atoms with Gasteiger partial charge in [-0.3, -0.25) is 0 Å². The molecule has 1 atom stereocenters. The molecule has 0 spiro atoms. The van der Waals surface area contributed by atoms with E-state index in [0.717, 1.165) is 0 Å². The Morgan fingerprint density at radius 3 is 2.10 bits per heavy atom. The number of halogens is 3. The molecule has 3 aromatic heterocycles. The molecule has 0 radical (unpaired) electrons. The maximum Gasteiger partial charge on any atom is 0.418 e. The number of hydrogen-bond acceptors (Lipinski definition) is 3. The van der Waals surface area contributed by atoms with Crippen LogP contribution in [0.3, 0.4) is 0 Å². The number of alkyl halides is 3. The Kier molecular flexibility index (Phi) is 3.85. The second-order valence-corrected chi connectivity index (χ2v) is 6.99. The lowest BCUT2D eigenvalue weighted by Gasteiger charge is -2.13. The molecule has 150 valence electrons. The van der Waals surface area contributed by atoms with Crippen molar-refractivity contribution in [3.63, 3.8) is 0 Å². The second kappa shape index (κ2) is 6.70. The fourth-order valence-electron chi connectivity index (χ4n) is 3.37. The number of H-pyrrole nitrogens is 2. The van der Waals surface area contributed by atoms with Crippen LogP contribution in [-0.4, -0.2) is 31.2 Å². The van der Waals surface area contributed by atoms with Gasteiger partial charge in [0.25, 0.3) is 0 Å². The number of hydrogen-bond donors (Lipinski definition) is 3. The second-order valence-electron chi connectivity index (χ2n) is 6.99. The zero-order chi connectivity index (χ0) is 21.8. The molecule has 1 unspecified atom stereocenters. The van der Waals surface area contributed by atoms with Crippen LogP contribution in [-0.2, 0) is 0 Å². The molecule has 8 bridgehead atoms. The molecule has 5 nitrogen and oxygen atoms in total. The van der Waals surface area contributed by atoms with Crippen molar-refractivity contribution in [2.75, 3.05) is 0 Å². The van der Waals surface area contributed by atoms with Crippen molar-refractivity contribution in [2.45, 2.75) is 12.3 Å². The largest absolute Gasteiger partial charge is 0.418 e. The number of rotatable bonds is 1. The minimum Gasteiger partial charge on any atom is -0.379 e. The lowest BCUT2D eigenvalue weighted by Crippen LogP contribution is -2.19. The number of aromatic amines is 2. The average Bonchev–Trinajstić information content (AvgIpc) is 3.45. The monoisotopic (exact) mass is 409 g/mol. The Labute approximate surface area is 169 Å². The number of nitrogens with zero attached hydrogens (tertiary/aromatic N) is 2. The summed E-state index contributed by atoms with van der Waals surface area (Å²) in [4.78, 5) is 14.9. The molecular formula is C22H15F3N4O. The standard InChI is InChI=1S/C22H15F3N4O/c23-22(24,25)21(30)19-10-18-9-16-4-3-14(27-16)7-12-1-2-13(26-12)8-15-5-6-17(28-15)11-20(19)29-18/h1-11,21,27,29-30H/i3D. The van der Waals surface area contributed by atoms with E-state index in [-0.39, 0.29) is 17.1 Å². The Bertz CT molecular complexity index is 1420. The first-order valence-corrected chi connectivity index (χ1v) is 9.08. The van der Waals surface area contributed by atoms with Gasteiger partial charge in [0.15, 0.2) is 6.10 Å². The summed E-state index contributed by atoms with van der Waals surface area (Å²) in [6, 6.07) is 9.54.